The number of anilines is 1. The molecule has 1 aliphatic rings. The molecule has 3 aromatic rings. The molecule has 2 aromatic carbocycles. The molecule has 0 saturated heterocycles. The van der Waals surface area contributed by atoms with Gasteiger partial charge in [0, 0.05) is 16.3 Å². The zero-order valence-electron chi connectivity index (χ0n) is 17.4. The van der Waals surface area contributed by atoms with Crippen LogP contribution < -0.4 is 10.1 Å². The molecule has 0 aliphatic carbocycles. The average Bonchev–Trinajstić information content (AvgIpc) is 3.19. The largest absolute Gasteiger partial charge is 0.489 e. The number of carbonyl (C=O) groups is 1. The number of fused-ring (bicyclic) bond motifs is 1. The summed E-state index contributed by atoms with van der Waals surface area (Å²) in [6.07, 6.45) is -0.256. The second-order valence-electron chi connectivity index (χ2n) is 7.42. The van der Waals surface area contributed by atoms with E-state index in [0.717, 1.165) is 11.1 Å². The van der Waals surface area contributed by atoms with Crippen molar-refractivity contribution in [3.05, 3.63) is 76.0 Å². The van der Waals surface area contributed by atoms with Crippen LogP contribution in [0.15, 0.2) is 59.8 Å². The van der Waals surface area contributed by atoms with Gasteiger partial charge < -0.3 is 14.8 Å². The lowest BCUT2D eigenvalue weighted by Crippen LogP contribution is -2.30. The third kappa shape index (κ3) is 4.39. The molecule has 0 saturated carbocycles. The molecule has 0 radical (unpaired) electrons. The van der Waals surface area contributed by atoms with Crippen molar-refractivity contribution >= 4 is 23.5 Å². The van der Waals surface area contributed by atoms with E-state index in [2.05, 4.69) is 20.8 Å². The monoisotopic (exact) mass is 439 g/mol. The number of allylic oxidation sites excluding steroid dienone is 1. The van der Waals surface area contributed by atoms with Gasteiger partial charge in [-0.25, -0.2) is 4.79 Å². The molecule has 1 aromatic heterocycles. The number of hydrogen-bond acceptors (Lipinski definition) is 7. The van der Waals surface area contributed by atoms with Gasteiger partial charge in [-0.3, -0.25) is 0 Å². The second kappa shape index (κ2) is 8.77. The number of halogens is 1. The second-order valence-corrected chi connectivity index (χ2v) is 7.83. The van der Waals surface area contributed by atoms with E-state index in [4.69, 9.17) is 21.1 Å². The fourth-order valence-electron chi connectivity index (χ4n) is 3.41. The molecular formula is C22H22ClN5O3. The summed E-state index contributed by atoms with van der Waals surface area (Å²) in [4.78, 5) is 12.9. The highest BCUT2D eigenvalue weighted by molar-refractivity contribution is 6.31. The van der Waals surface area contributed by atoms with Gasteiger partial charge in [-0.2, -0.15) is 4.68 Å². The van der Waals surface area contributed by atoms with Gasteiger partial charge in [-0.15, -0.1) is 0 Å². The fourth-order valence-corrected chi connectivity index (χ4v) is 3.60. The molecule has 1 unspecified atom stereocenters. The summed E-state index contributed by atoms with van der Waals surface area (Å²) in [5.41, 5.74) is 2.76. The van der Waals surface area contributed by atoms with Gasteiger partial charge >= 0.3 is 5.97 Å². The van der Waals surface area contributed by atoms with Crippen molar-refractivity contribution in [3.63, 3.8) is 0 Å². The quantitative estimate of drug-likeness (QED) is 0.577. The van der Waals surface area contributed by atoms with Gasteiger partial charge in [0.2, 0.25) is 5.95 Å². The van der Waals surface area contributed by atoms with Gasteiger partial charge in [0.25, 0.3) is 0 Å². The summed E-state index contributed by atoms with van der Waals surface area (Å²) in [6.45, 7) is 5.75. The molecule has 0 amide bonds. The summed E-state index contributed by atoms with van der Waals surface area (Å²) in [5.74, 6) is 0.666. The lowest BCUT2D eigenvalue weighted by atomic mass is 9.95. The maximum Gasteiger partial charge on any atom is 0.338 e. The van der Waals surface area contributed by atoms with Crippen LogP contribution in [-0.4, -0.2) is 32.3 Å². The maximum absolute atomic E-state index is 12.9. The van der Waals surface area contributed by atoms with Crippen LogP contribution in [0.4, 0.5) is 5.95 Å². The highest BCUT2D eigenvalue weighted by Gasteiger charge is 2.35. The van der Waals surface area contributed by atoms with Crippen molar-refractivity contribution in [1.82, 2.24) is 20.2 Å². The van der Waals surface area contributed by atoms with Crippen LogP contribution in [-0.2, 0) is 16.1 Å². The van der Waals surface area contributed by atoms with Gasteiger partial charge in [-0.05, 0) is 55.0 Å². The Hall–Kier alpha value is -3.39. The summed E-state index contributed by atoms with van der Waals surface area (Å²) in [7, 11) is 0. The first-order chi connectivity index (χ1) is 14.9. The number of hydrogen-bond donors (Lipinski definition) is 1. The van der Waals surface area contributed by atoms with Crippen LogP contribution in [0, 0.1) is 0 Å². The number of aromatic nitrogens is 4. The van der Waals surface area contributed by atoms with Crippen LogP contribution in [0.1, 0.15) is 37.9 Å². The molecule has 160 valence electrons. The van der Waals surface area contributed by atoms with Gasteiger partial charge in [0.05, 0.1) is 11.7 Å². The van der Waals surface area contributed by atoms with E-state index >= 15 is 0 Å². The minimum atomic E-state index is -0.554. The third-order valence-corrected chi connectivity index (χ3v) is 5.17. The third-order valence-electron chi connectivity index (χ3n) is 4.80. The molecule has 0 bridgehead atoms. The minimum Gasteiger partial charge on any atom is -0.489 e. The Balaban J connectivity index is 1.67. The van der Waals surface area contributed by atoms with Crippen LogP contribution in [0.2, 0.25) is 5.02 Å². The van der Waals surface area contributed by atoms with E-state index in [1.54, 1.807) is 11.6 Å². The number of esters is 1. The van der Waals surface area contributed by atoms with E-state index in [1.807, 2.05) is 62.4 Å². The van der Waals surface area contributed by atoms with Crippen molar-refractivity contribution in [1.29, 1.82) is 0 Å². The van der Waals surface area contributed by atoms with E-state index in [1.165, 1.54) is 0 Å². The summed E-state index contributed by atoms with van der Waals surface area (Å²) < 4.78 is 13.0. The molecule has 1 N–H and O–H groups in total. The van der Waals surface area contributed by atoms with Crippen LogP contribution >= 0.6 is 11.6 Å². The van der Waals surface area contributed by atoms with Gasteiger partial charge in [0.1, 0.15) is 18.4 Å². The maximum atomic E-state index is 12.9. The first-order valence-corrected chi connectivity index (χ1v) is 10.2. The Morgan fingerprint density at radius 1 is 1.23 bits per heavy atom. The molecule has 0 spiro atoms. The predicted octanol–water partition coefficient (Wildman–Crippen LogP) is 4.15. The smallest absolute Gasteiger partial charge is 0.338 e. The van der Waals surface area contributed by atoms with Crippen molar-refractivity contribution < 1.29 is 14.3 Å². The first kappa shape index (κ1) is 20.9. The number of ether oxygens (including phenoxy) is 2. The lowest BCUT2D eigenvalue weighted by molar-refractivity contribution is -0.143. The van der Waals surface area contributed by atoms with Gasteiger partial charge in [-0.1, -0.05) is 47.0 Å². The van der Waals surface area contributed by atoms with Crippen LogP contribution in [0.5, 0.6) is 5.75 Å². The predicted molar refractivity (Wildman–Crippen MR) is 116 cm³/mol. The number of rotatable bonds is 6. The topological polar surface area (TPSA) is 91.2 Å². The molecule has 2 heterocycles. The lowest BCUT2D eigenvalue weighted by Gasteiger charge is -2.28. The SMILES string of the molecule is CC1=C(C(=O)OC(C)C)C(c2cccc(OCc3ccccc3Cl)c2)n2nnnc2N1. The summed E-state index contributed by atoms with van der Waals surface area (Å²) >= 11 is 6.23. The molecule has 8 nitrogen and oxygen atoms in total. The normalized spacial score (nSPS) is 15.5. The highest BCUT2D eigenvalue weighted by Crippen LogP contribution is 2.36. The Labute approximate surface area is 184 Å². The number of nitrogens with one attached hydrogen (secondary N) is 1. The van der Waals surface area contributed by atoms with E-state index in [9.17, 15) is 4.79 Å². The van der Waals surface area contributed by atoms with Crippen molar-refractivity contribution in [2.75, 3.05) is 5.32 Å². The summed E-state index contributed by atoms with van der Waals surface area (Å²) in [5, 5.41) is 15.6. The van der Waals surface area contributed by atoms with Crippen molar-refractivity contribution in [2.24, 2.45) is 0 Å². The molecule has 4 rings (SSSR count). The van der Waals surface area contributed by atoms with Crippen molar-refractivity contribution in [3.8, 4) is 5.75 Å². The van der Waals surface area contributed by atoms with Gasteiger partial charge in [0.15, 0.2) is 0 Å². The van der Waals surface area contributed by atoms with E-state index < -0.39 is 12.0 Å². The molecule has 9 heteroatoms. The molecule has 1 atom stereocenters. The Kier molecular flexibility index (Phi) is 5.90. The molecule has 31 heavy (non-hydrogen) atoms. The van der Waals surface area contributed by atoms with E-state index in [0.29, 0.717) is 34.6 Å². The number of nitrogens with zero attached hydrogens (tertiary/aromatic N) is 4. The summed E-state index contributed by atoms with van der Waals surface area (Å²) in [6, 6.07) is 14.5. The highest BCUT2D eigenvalue weighted by atomic mass is 35.5. The molecule has 1 aliphatic heterocycles. The standard InChI is InChI=1S/C22H22ClN5O3/c1-13(2)31-21(29)19-14(3)24-22-25-26-27-28(22)20(19)15-8-6-9-17(11-15)30-12-16-7-4-5-10-18(16)23/h4-11,13,20H,12H2,1-3H3,(H,24,25,27). The average molecular weight is 440 g/mol. The zero-order chi connectivity index (χ0) is 22.0. The zero-order valence-corrected chi connectivity index (χ0v) is 18.1. The number of benzene rings is 2. The Bertz CT molecular complexity index is 1140. The van der Waals surface area contributed by atoms with Crippen molar-refractivity contribution in [2.45, 2.75) is 39.5 Å². The first-order valence-electron chi connectivity index (χ1n) is 9.87. The van der Waals surface area contributed by atoms with Crippen LogP contribution in [0.3, 0.4) is 0 Å². The molecule has 0 fully saturated rings. The number of tetrazole rings is 1. The van der Waals surface area contributed by atoms with E-state index in [-0.39, 0.29) is 6.10 Å². The Morgan fingerprint density at radius 2 is 2.03 bits per heavy atom. The van der Waals surface area contributed by atoms with Crippen LogP contribution in [0.25, 0.3) is 0 Å². The molecular weight excluding hydrogens is 418 g/mol. The Morgan fingerprint density at radius 3 is 2.81 bits per heavy atom. The minimum absolute atomic E-state index is 0.256. The fraction of sp³-hybridized carbons (Fsp3) is 0.273. The number of carbonyl (C=O) groups excluding carboxylic acids is 1.